The van der Waals surface area contributed by atoms with Crippen molar-refractivity contribution in [3.63, 3.8) is 0 Å². The van der Waals surface area contributed by atoms with Crippen LogP contribution in [-0.2, 0) is 27.5 Å². The van der Waals surface area contributed by atoms with Crippen LogP contribution in [0.4, 0.5) is 21.0 Å². The van der Waals surface area contributed by atoms with E-state index in [0.717, 1.165) is 0 Å². The highest BCUT2D eigenvalue weighted by atomic mass is 32.1. The van der Waals surface area contributed by atoms with Crippen LogP contribution < -0.4 is 0 Å². The highest BCUT2D eigenvalue weighted by Crippen LogP contribution is 2.28. The molecule has 15 heteroatoms. The summed E-state index contributed by atoms with van der Waals surface area (Å²) >= 11 is 4.49. The van der Waals surface area contributed by atoms with Crippen molar-refractivity contribution in [1.29, 1.82) is 0 Å². The molecule has 0 saturated carbocycles. The Morgan fingerprint density at radius 3 is 1.86 bits per heavy atom. The lowest BCUT2D eigenvalue weighted by atomic mass is 9.98. The number of piperazine rings is 1. The third kappa shape index (κ3) is 7.08. The number of thiol groups is 1. The van der Waals surface area contributed by atoms with E-state index < -0.39 is 33.6 Å². The topological polar surface area (TPSA) is 166 Å². The fourth-order valence-corrected chi connectivity index (χ4v) is 5.40. The van der Waals surface area contributed by atoms with E-state index in [1.807, 2.05) is 13.8 Å². The molecule has 0 aliphatic carbocycles. The molecule has 0 spiro atoms. The van der Waals surface area contributed by atoms with Gasteiger partial charge in [0.15, 0.2) is 0 Å². The summed E-state index contributed by atoms with van der Waals surface area (Å²) in [5.74, 6) is -0.272. The van der Waals surface area contributed by atoms with Crippen LogP contribution in [0.2, 0.25) is 0 Å². The van der Waals surface area contributed by atoms with Gasteiger partial charge in [0.25, 0.3) is 11.4 Å². The molecule has 2 fully saturated rings. The van der Waals surface area contributed by atoms with E-state index in [9.17, 15) is 34.6 Å². The van der Waals surface area contributed by atoms with E-state index in [0.29, 0.717) is 17.5 Å². The summed E-state index contributed by atoms with van der Waals surface area (Å²) in [5.41, 5.74) is 0.255. The van der Waals surface area contributed by atoms with Gasteiger partial charge in [-0.1, -0.05) is 0 Å². The van der Waals surface area contributed by atoms with E-state index in [-0.39, 0.29) is 61.9 Å². The number of benzene rings is 2. The SMILES string of the molecule is CC1(C)CN(C(=O)[C@@H]2C[C@H](S)CN2C(=O)OCc2ccc([N+](=O)[O-])cc2)CCN1C(=O)OCc1ccc([N+](=O)[O-])cc1. The molecule has 0 N–H and O–H groups in total. The fraction of sp³-hybridized carbons (Fsp3) is 0.444. The molecule has 14 nitrogen and oxygen atoms in total. The summed E-state index contributed by atoms with van der Waals surface area (Å²) in [4.78, 5) is 64.6. The number of hydrogen-bond donors (Lipinski definition) is 1. The highest BCUT2D eigenvalue weighted by molar-refractivity contribution is 7.81. The van der Waals surface area contributed by atoms with Gasteiger partial charge in [-0.2, -0.15) is 12.6 Å². The number of likely N-dealkylation sites (tertiary alicyclic amines) is 1. The molecule has 0 radical (unpaired) electrons. The van der Waals surface area contributed by atoms with Crippen molar-refractivity contribution in [2.75, 3.05) is 26.2 Å². The molecule has 4 rings (SSSR count). The van der Waals surface area contributed by atoms with Crippen LogP contribution in [0.3, 0.4) is 0 Å². The molecule has 0 aromatic heterocycles. The average Bonchev–Trinajstić information content (AvgIpc) is 3.35. The minimum absolute atomic E-state index is 0.0604. The molecule has 2 saturated heterocycles. The van der Waals surface area contributed by atoms with Gasteiger partial charge in [0.05, 0.1) is 15.4 Å². The maximum atomic E-state index is 13.6. The minimum atomic E-state index is -0.784. The van der Waals surface area contributed by atoms with Gasteiger partial charge in [-0.25, -0.2) is 9.59 Å². The van der Waals surface area contributed by atoms with E-state index in [1.54, 1.807) is 4.90 Å². The first-order valence-electron chi connectivity index (χ1n) is 13.2. The van der Waals surface area contributed by atoms with Crippen molar-refractivity contribution in [3.05, 3.63) is 79.9 Å². The standard InChI is InChI=1S/C27H31N5O9S/c1-27(2)17-28(11-12-30(27)26(35)41-16-19-5-9-21(10-6-19)32(38)39)24(33)23-13-22(42)14-29(23)25(34)40-15-18-3-7-20(8-4-18)31(36)37/h3-10,22-23,42H,11-17H2,1-2H3/t22-,23-/m0/s1. The first-order chi connectivity index (χ1) is 19.9. The Morgan fingerprint density at radius 1 is 0.881 bits per heavy atom. The zero-order valence-electron chi connectivity index (χ0n) is 23.1. The monoisotopic (exact) mass is 601 g/mol. The molecular formula is C27H31N5O9S. The molecule has 42 heavy (non-hydrogen) atoms. The maximum absolute atomic E-state index is 13.6. The van der Waals surface area contributed by atoms with Gasteiger partial charge in [0, 0.05) is 55.7 Å². The number of carbonyl (C=O) groups excluding carboxylic acids is 3. The number of carbonyl (C=O) groups is 3. The number of amides is 3. The van der Waals surface area contributed by atoms with Gasteiger partial charge in [0.2, 0.25) is 5.91 Å². The first-order valence-corrected chi connectivity index (χ1v) is 13.7. The van der Waals surface area contributed by atoms with Crippen molar-refractivity contribution in [2.24, 2.45) is 0 Å². The van der Waals surface area contributed by atoms with Gasteiger partial charge in [-0.3, -0.25) is 34.8 Å². The fourth-order valence-electron chi connectivity index (χ4n) is 5.02. The summed E-state index contributed by atoms with van der Waals surface area (Å²) < 4.78 is 10.9. The Kier molecular flexibility index (Phi) is 9.19. The molecule has 2 atom stereocenters. The number of nitro groups is 2. The Bertz CT molecular complexity index is 1350. The van der Waals surface area contributed by atoms with E-state index in [2.05, 4.69) is 12.6 Å². The first kappa shape index (κ1) is 30.6. The maximum Gasteiger partial charge on any atom is 0.410 e. The second kappa shape index (κ2) is 12.6. The zero-order chi connectivity index (χ0) is 30.6. The Labute approximate surface area is 246 Å². The van der Waals surface area contributed by atoms with Gasteiger partial charge < -0.3 is 14.4 Å². The van der Waals surface area contributed by atoms with Gasteiger partial charge >= 0.3 is 12.2 Å². The van der Waals surface area contributed by atoms with Crippen LogP contribution in [0.5, 0.6) is 0 Å². The van der Waals surface area contributed by atoms with Crippen molar-refractivity contribution >= 4 is 42.1 Å². The number of ether oxygens (including phenoxy) is 2. The van der Waals surface area contributed by atoms with Gasteiger partial charge in [-0.15, -0.1) is 0 Å². The van der Waals surface area contributed by atoms with Crippen LogP contribution >= 0.6 is 12.6 Å². The van der Waals surface area contributed by atoms with Gasteiger partial charge in [0.1, 0.15) is 19.3 Å². The predicted octanol–water partition coefficient (Wildman–Crippen LogP) is 3.77. The van der Waals surface area contributed by atoms with E-state index >= 15 is 0 Å². The van der Waals surface area contributed by atoms with Crippen molar-refractivity contribution in [1.82, 2.24) is 14.7 Å². The molecule has 2 heterocycles. The summed E-state index contributed by atoms with van der Waals surface area (Å²) in [5, 5.41) is 21.4. The van der Waals surface area contributed by atoms with Crippen molar-refractivity contribution < 1.29 is 33.7 Å². The molecule has 2 aromatic carbocycles. The largest absolute Gasteiger partial charge is 0.445 e. The molecule has 2 aliphatic heterocycles. The van der Waals surface area contributed by atoms with Crippen LogP contribution in [0.25, 0.3) is 0 Å². The lowest BCUT2D eigenvalue weighted by molar-refractivity contribution is -0.385. The molecule has 2 aromatic rings. The average molecular weight is 602 g/mol. The number of non-ortho nitro benzene ring substituents is 2. The molecule has 2 aliphatic rings. The third-order valence-corrected chi connectivity index (χ3v) is 7.63. The Morgan fingerprint density at radius 2 is 1.38 bits per heavy atom. The van der Waals surface area contributed by atoms with Crippen LogP contribution in [-0.4, -0.2) is 85.6 Å². The second-order valence-electron chi connectivity index (χ2n) is 10.7. The summed E-state index contributed by atoms with van der Waals surface area (Å²) in [6.45, 7) is 4.31. The summed E-state index contributed by atoms with van der Waals surface area (Å²) in [6, 6.07) is 10.6. The Hall–Kier alpha value is -4.40. The van der Waals surface area contributed by atoms with E-state index in [4.69, 9.17) is 9.47 Å². The number of nitro benzene ring substituents is 2. The quantitative estimate of drug-likeness (QED) is 0.282. The molecule has 0 unspecified atom stereocenters. The predicted molar refractivity (Wildman–Crippen MR) is 152 cm³/mol. The highest BCUT2D eigenvalue weighted by Gasteiger charge is 2.45. The molecular weight excluding hydrogens is 570 g/mol. The van der Waals surface area contributed by atoms with E-state index in [1.165, 1.54) is 58.3 Å². The number of nitrogens with zero attached hydrogens (tertiary/aromatic N) is 5. The lowest BCUT2D eigenvalue weighted by Crippen LogP contribution is -2.64. The smallest absolute Gasteiger partial charge is 0.410 e. The minimum Gasteiger partial charge on any atom is -0.445 e. The second-order valence-corrected chi connectivity index (χ2v) is 11.5. The molecule has 224 valence electrons. The van der Waals surface area contributed by atoms with Crippen molar-refractivity contribution in [3.8, 4) is 0 Å². The van der Waals surface area contributed by atoms with Crippen LogP contribution in [0.1, 0.15) is 31.4 Å². The lowest BCUT2D eigenvalue weighted by Gasteiger charge is -2.47. The van der Waals surface area contributed by atoms with Crippen molar-refractivity contribution in [2.45, 2.75) is 50.3 Å². The Balaban J connectivity index is 1.33. The van der Waals surface area contributed by atoms with Crippen LogP contribution in [0, 0.1) is 20.2 Å². The zero-order valence-corrected chi connectivity index (χ0v) is 24.0. The summed E-state index contributed by atoms with van der Waals surface area (Å²) in [7, 11) is 0. The summed E-state index contributed by atoms with van der Waals surface area (Å²) in [6.07, 6.45) is -0.916. The molecule has 0 bridgehead atoms. The number of hydrogen-bond acceptors (Lipinski definition) is 10. The van der Waals surface area contributed by atoms with Gasteiger partial charge in [-0.05, 0) is 55.7 Å². The number of rotatable bonds is 7. The van der Waals surface area contributed by atoms with Crippen LogP contribution in [0.15, 0.2) is 48.5 Å². The third-order valence-electron chi connectivity index (χ3n) is 7.25. The normalized spacial score (nSPS) is 19.7. The molecule has 3 amide bonds.